The number of pyridine rings is 1. The van der Waals surface area contributed by atoms with Gasteiger partial charge in [0.05, 0.1) is 27.2 Å². The van der Waals surface area contributed by atoms with E-state index in [9.17, 15) is 10.1 Å². The number of nitro groups is 1. The maximum Gasteiger partial charge on any atom is 0.311 e. The van der Waals surface area contributed by atoms with Gasteiger partial charge in [-0.25, -0.2) is 19.9 Å². The van der Waals surface area contributed by atoms with Crippen LogP contribution in [0, 0.1) is 10.1 Å². The van der Waals surface area contributed by atoms with E-state index >= 15 is 0 Å². The average Bonchev–Trinajstić information content (AvgIpc) is 3.36. The maximum absolute atomic E-state index is 11.3. The van der Waals surface area contributed by atoms with E-state index < -0.39 is 11.0 Å². The van der Waals surface area contributed by atoms with Gasteiger partial charge in [0.2, 0.25) is 5.82 Å². The van der Waals surface area contributed by atoms with E-state index in [1.807, 2.05) is 0 Å². The summed E-state index contributed by atoms with van der Waals surface area (Å²) in [4.78, 5) is 33.2. The summed E-state index contributed by atoms with van der Waals surface area (Å²) in [6.45, 7) is 0.228. The summed E-state index contributed by atoms with van der Waals surface area (Å²) in [5.74, 6) is 1.61. The van der Waals surface area contributed by atoms with Gasteiger partial charge in [-0.05, 0) is 24.3 Å². The molecule has 1 atom stereocenters. The Bertz CT molecular complexity index is 1360. The third-order valence-corrected chi connectivity index (χ3v) is 5.60. The molecule has 0 saturated heterocycles. The van der Waals surface area contributed by atoms with Crippen LogP contribution in [0.2, 0.25) is 10.0 Å². The number of nitrogens with two attached hydrogens (primary N) is 1. The molecule has 1 unspecified atom stereocenters. The molecule has 4 N–H and O–H groups in total. The summed E-state index contributed by atoms with van der Waals surface area (Å²) in [6, 6.07) is 7.43. The number of hydrogen-bond donors (Lipinski definition) is 3. The van der Waals surface area contributed by atoms with Gasteiger partial charge in [0.1, 0.15) is 17.5 Å². The standard InChI is InChI=1S/C22H21Cl2N9O2/c1-32(2)22-17(33(34)35)5-6-18(30-22)28-11-16(25)21-29-10-14(20-26-7-8-27-20)19(31-21)13-4-3-12(23)9-15(13)24/h3-10,16H,11,25H2,1-2H3,(H,26,27)(H,28,30). The maximum atomic E-state index is 11.3. The molecular formula is C22H21Cl2N9O2. The highest BCUT2D eigenvalue weighted by atomic mass is 35.5. The number of nitrogens with zero attached hydrogens (tertiary/aromatic N) is 6. The van der Waals surface area contributed by atoms with E-state index in [-0.39, 0.29) is 18.1 Å². The van der Waals surface area contributed by atoms with Gasteiger partial charge >= 0.3 is 5.69 Å². The van der Waals surface area contributed by atoms with Gasteiger partial charge in [-0.3, -0.25) is 10.1 Å². The lowest BCUT2D eigenvalue weighted by molar-refractivity contribution is -0.384. The molecule has 0 bridgehead atoms. The van der Waals surface area contributed by atoms with Crippen LogP contribution in [0.3, 0.4) is 0 Å². The number of nitrogens with one attached hydrogen (secondary N) is 2. The average molecular weight is 514 g/mol. The van der Waals surface area contributed by atoms with Gasteiger partial charge < -0.3 is 20.9 Å². The molecule has 4 rings (SSSR count). The van der Waals surface area contributed by atoms with E-state index in [0.29, 0.717) is 44.3 Å². The SMILES string of the molecule is CN(C)c1nc(NCC(N)c2ncc(-c3ncc[nH]3)c(-c3ccc(Cl)cc3Cl)n2)ccc1[N+](=O)[O-]. The van der Waals surface area contributed by atoms with Crippen molar-refractivity contribution < 1.29 is 4.92 Å². The first-order valence-corrected chi connectivity index (χ1v) is 11.1. The number of H-pyrrole nitrogens is 1. The highest BCUT2D eigenvalue weighted by molar-refractivity contribution is 6.36. The van der Waals surface area contributed by atoms with E-state index in [0.717, 1.165) is 0 Å². The fraction of sp³-hybridized carbons (Fsp3) is 0.182. The molecule has 180 valence electrons. The van der Waals surface area contributed by atoms with Gasteiger partial charge in [0.25, 0.3) is 0 Å². The number of imidazole rings is 1. The van der Waals surface area contributed by atoms with Crippen molar-refractivity contribution in [3.63, 3.8) is 0 Å². The first-order chi connectivity index (χ1) is 16.7. The summed E-state index contributed by atoms with van der Waals surface area (Å²) in [6.07, 6.45) is 4.96. The van der Waals surface area contributed by atoms with E-state index in [4.69, 9.17) is 33.9 Å². The van der Waals surface area contributed by atoms with Gasteiger partial charge in [-0.2, -0.15) is 0 Å². The zero-order valence-corrected chi connectivity index (χ0v) is 20.2. The van der Waals surface area contributed by atoms with Crippen molar-refractivity contribution >= 4 is 40.5 Å². The molecule has 0 aliphatic heterocycles. The molecule has 3 aromatic heterocycles. The molecule has 0 aliphatic carbocycles. The predicted octanol–water partition coefficient (Wildman–Crippen LogP) is 4.32. The molecule has 0 aliphatic rings. The molecule has 1 aromatic carbocycles. The third-order valence-electron chi connectivity index (χ3n) is 5.06. The normalized spacial score (nSPS) is 11.8. The monoisotopic (exact) mass is 513 g/mol. The quantitative estimate of drug-likeness (QED) is 0.231. The molecule has 0 saturated carbocycles. The van der Waals surface area contributed by atoms with E-state index in [1.165, 1.54) is 12.1 Å². The Hall–Kier alpha value is -3.80. The molecule has 11 nitrogen and oxygen atoms in total. The minimum Gasteiger partial charge on any atom is -0.368 e. The fourth-order valence-corrected chi connectivity index (χ4v) is 3.86. The van der Waals surface area contributed by atoms with Gasteiger partial charge in [-0.1, -0.05) is 23.2 Å². The largest absolute Gasteiger partial charge is 0.368 e. The van der Waals surface area contributed by atoms with Crippen molar-refractivity contribution in [2.24, 2.45) is 5.73 Å². The van der Waals surface area contributed by atoms with Crippen LogP contribution < -0.4 is 16.0 Å². The number of rotatable bonds is 8. The van der Waals surface area contributed by atoms with Crippen molar-refractivity contribution in [2.75, 3.05) is 30.9 Å². The summed E-state index contributed by atoms with van der Waals surface area (Å²) in [5.41, 5.74) is 8.14. The van der Waals surface area contributed by atoms with Crippen molar-refractivity contribution in [2.45, 2.75) is 6.04 Å². The molecule has 0 spiro atoms. The number of anilines is 2. The Morgan fingerprint density at radius 1 is 1.17 bits per heavy atom. The number of aromatic amines is 1. The molecule has 3 heterocycles. The molecule has 35 heavy (non-hydrogen) atoms. The van der Waals surface area contributed by atoms with Crippen LogP contribution >= 0.6 is 23.2 Å². The fourth-order valence-electron chi connectivity index (χ4n) is 3.36. The zero-order chi connectivity index (χ0) is 25.1. The van der Waals surface area contributed by atoms with Crippen LogP contribution in [0.1, 0.15) is 11.9 Å². The Morgan fingerprint density at radius 3 is 2.63 bits per heavy atom. The number of benzene rings is 1. The minimum absolute atomic E-state index is 0.0915. The van der Waals surface area contributed by atoms with Crippen molar-refractivity contribution in [1.82, 2.24) is 24.9 Å². The molecular weight excluding hydrogens is 493 g/mol. The second kappa shape index (κ2) is 10.2. The van der Waals surface area contributed by atoms with Gasteiger partial charge in [-0.15, -0.1) is 0 Å². The highest BCUT2D eigenvalue weighted by Crippen LogP contribution is 2.35. The topological polar surface area (TPSA) is 152 Å². The van der Waals surface area contributed by atoms with Crippen LogP contribution in [0.25, 0.3) is 22.6 Å². The molecule has 4 aromatic rings. The van der Waals surface area contributed by atoms with Crippen LogP contribution in [-0.4, -0.2) is 50.5 Å². The number of hydrogen-bond acceptors (Lipinski definition) is 9. The molecule has 0 fully saturated rings. The summed E-state index contributed by atoms with van der Waals surface area (Å²) in [7, 11) is 3.37. The lowest BCUT2D eigenvalue weighted by Crippen LogP contribution is -2.24. The summed E-state index contributed by atoms with van der Waals surface area (Å²) in [5, 5.41) is 15.3. The highest BCUT2D eigenvalue weighted by Gasteiger charge is 2.20. The smallest absolute Gasteiger partial charge is 0.311 e. The molecule has 13 heteroatoms. The second-order valence-corrected chi connectivity index (χ2v) is 8.57. The van der Waals surface area contributed by atoms with Gasteiger partial charge in [0, 0.05) is 55.9 Å². The van der Waals surface area contributed by atoms with Crippen LogP contribution in [0.5, 0.6) is 0 Å². The summed E-state index contributed by atoms with van der Waals surface area (Å²) < 4.78 is 0. The zero-order valence-electron chi connectivity index (χ0n) is 18.7. The van der Waals surface area contributed by atoms with Crippen molar-refractivity contribution in [3.05, 3.63) is 74.9 Å². The molecule has 0 amide bonds. The Labute approximate surface area is 210 Å². The minimum atomic E-state index is -0.620. The van der Waals surface area contributed by atoms with Crippen LogP contribution in [-0.2, 0) is 0 Å². The lowest BCUT2D eigenvalue weighted by Gasteiger charge is -2.17. The number of aromatic nitrogens is 5. The Kier molecular flexibility index (Phi) is 7.10. The first-order valence-electron chi connectivity index (χ1n) is 10.4. The lowest BCUT2D eigenvalue weighted by atomic mass is 10.1. The first kappa shape index (κ1) is 24.3. The Balaban J connectivity index is 1.63. The van der Waals surface area contributed by atoms with Crippen molar-refractivity contribution in [1.29, 1.82) is 0 Å². The predicted molar refractivity (Wildman–Crippen MR) is 136 cm³/mol. The van der Waals surface area contributed by atoms with Crippen LogP contribution in [0.15, 0.2) is 48.9 Å². The van der Waals surface area contributed by atoms with E-state index in [1.54, 1.807) is 55.8 Å². The third kappa shape index (κ3) is 5.32. The van der Waals surface area contributed by atoms with Crippen molar-refractivity contribution in [3.8, 4) is 22.6 Å². The summed E-state index contributed by atoms with van der Waals surface area (Å²) >= 11 is 12.5. The van der Waals surface area contributed by atoms with Gasteiger partial charge in [0.15, 0.2) is 0 Å². The number of halogens is 2. The van der Waals surface area contributed by atoms with E-state index in [2.05, 4.69) is 25.3 Å². The second-order valence-electron chi connectivity index (χ2n) is 7.73. The Morgan fingerprint density at radius 2 is 1.97 bits per heavy atom. The van der Waals surface area contributed by atoms with Crippen LogP contribution in [0.4, 0.5) is 17.3 Å². The molecule has 0 radical (unpaired) electrons.